The highest BCUT2D eigenvalue weighted by atomic mass is 16.5. The maximum Gasteiger partial charge on any atom is 0.141 e. The lowest BCUT2D eigenvalue weighted by Gasteiger charge is -2.41. The van der Waals surface area contributed by atoms with Crippen molar-refractivity contribution in [2.45, 2.75) is 58.5 Å². The van der Waals surface area contributed by atoms with Crippen molar-refractivity contribution in [1.82, 2.24) is 0 Å². The van der Waals surface area contributed by atoms with Crippen LogP contribution in [0.25, 0.3) is 0 Å². The fourth-order valence-corrected chi connectivity index (χ4v) is 1.75. The van der Waals surface area contributed by atoms with Crippen LogP contribution in [0.4, 0.5) is 0 Å². The van der Waals surface area contributed by atoms with Crippen molar-refractivity contribution >= 4 is 5.78 Å². The minimum absolute atomic E-state index is 0.108. The van der Waals surface area contributed by atoms with Crippen LogP contribution in [0.5, 0.6) is 0 Å². The Kier molecular flexibility index (Phi) is 3.36. The second kappa shape index (κ2) is 4.01. The van der Waals surface area contributed by atoms with Gasteiger partial charge in [0.15, 0.2) is 0 Å². The van der Waals surface area contributed by atoms with Crippen LogP contribution in [0, 0.1) is 5.41 Å². The number of Topliss-reactive ketones (excluding diaryl/α,β-unsaturated/α-hetero) is 1. The molecule has 2 heteroatoms. The second-order valence-corrected chi connectivity index (χ2v) is 5.08. The Morgan fingerprint density at radius 1 is 1.43 bits per heavy atom. The molecule has 1 saturated carbocycles. The molecule has 0 amide bonds. The molecule has 0 aliphatic heterocycles. The third kappa shape index (κ3) is 2.17. The number of carbonyl (C=O) groups is 1. The van der Waals surface area contributed by atoms with Crippen LogP contribution in [0.1, 0.15) is 52.9 Å². The molecule has 14 heavy (non-hydrogen) atoms. The summed E-state index contributed by atoms with van der Waals surface area (Å²) in [5.74, 6) is 0.349. The van der Waals surface area contributed by atoms with E-state index in [9.17, 15) is 4.79 Å². The molecule has 0 bridgehead atoms. The van der Waals surface area contributed by atoms with Crippen molar-refractivity contribution in [3.8, 4) is 0 Å². The number of methoxy groups -OCH3 is 1. The molecule has 0 aromatic heterocycles. The summed E-state index contributed by atoms with van der Waals surface area (Å²) >= 11 is 0. The highest BCUT2D eigenvalue weighted by Gasteiger charge is 2.41. The zero-order chi connectivity index (χ0) is 10.8. The van der Waals surface area contributed by atoms with Gasteiger partial charge in [-0.25, -0.2) is 0 Å². The molecule has 1 aliphatic rings. The minimum atomic E-state index is -0.179. The van der Waals surface area contributed by atoms with Gasteiger partial charge in [0, 0.05) is 18.9 Å². The molecule has 0 heterocycles. The predicted molar refractivity (Wildman–Crippen MR) is 57.3 cm³/mol. The van der Waals surface area contributed by atoms with Crippen molar-refractivity contribution in [2.75, 3.05) is 7.11 Å². The first-order valence-corrected chi connectivity index (χ1v) is 5.54. The van der Waals surface area contributed by atoms with Crippen molar-refractivity contribution in [3.05, 3.63) is 0 Å². The Bertz CT molecular complexity index is 209. The molecule has 1 aliphatic carbocycles. The van der Waals surface area contributed by atoms with Gasteiger partial charge in [0.1, 0.15) is 5.78 Å². The average molecular weight is 198 g/mol. The first-order valence-electron chi connectivity index (χ1n) is 5.54. The maximum atomic E-state index is 12.0. The van der Waals surface area contributed by atoms with Crippen LogP contribution in [0.3, 0.4) is 0 Å². The highest BCUT2D eigenvalue weighted by molar-refractivity contribution is 5.85. The molecule has 0 saturated heterocycles. The van der Waals surface area contributed by atoms with Crippen molar-refractivity contribution in [1.29, 1.82) is 0 Å². The van der Waals surface area contributed by atoms with Crippen LogP contribution in [-0.4, -0.2) is 18.5 Å². The molecule has 0 unspecified atom stereocenters. The molecule has 2 nitrogen and oxygen atoms in total. The van der Waals surface area contributed by atoms with Gasteiger partial charge in [-0.3, -0.25) is 4.79 Å². The van der Waals surface area contributed by atoms with E-state index in [0.717, 1.165) is 19.3 Å². The first-order chi connectivity index (χ1) is 6.46. The SMILES string of the molecule is CCC(C)(C)C(=O)CC1(OC)CCC1. The van der Waals surface area contributed by atoms with Crippen molar-refractivity contribution in [2.24, 2.45) is 5.41 Å². The van der Waals surface area contributed by atoms with Crippen molar-refractivity contribution < 1.29 is 9.53 Å². The van der Waals surface area contributed by atoms with E-state index in [0.29, 0.717) is 12.2 Å². The third-order valence-corrected chi connectivity index (χ3v) is 3.82. The molecule has 0 N–H and O–H groups in total. The zero-order valence-electron chi connectivity index (χ0n) is 9.85. The summed E-state index contributed by atoms with van der Waals surface area (Å²) in [7, 11) is 1.73. The van der Waals surface area contributed by atoms with E-state index >= 15 is 0 Å². The second-order valence-electron chi connectivity index (χ2n) is 5.08. The Morgan fingerprint density at radius 2 is 2.00 bits per heavy atom. The number of hydrogen-bond donors (Lipinski definition) is 0. The number of carbonyl (C=O) groups excluding carboxylic acids is 1. The Morgan fingerprint density at radius 3 is 2.29 bits per heavy atom. The lowest BCUT2D eigenvalue weighted by atomic mass is 9.72. The van der Waals surface area contributed by atoms with Gasteiger partial charge in [-0.1, -0.05) is 20.8 Å². The van der Waals surface area contributed by atoms with Gasteiger partial charge < -0.3 is 4.74 Å². The summed E-state index contributed by atoms with van der Waals surface area (Å²) in [6.45, 7) is 6.12. The van der Waals surface area contributed by atoms with Crippen LogP contribution in [0.2, 0.25) is 0 Å². The van der Waals surface area contributed by atoms with Crippen molar-refractivity contribution in [3.63, 3.8) is 0 Å². The lowest BCUT2D eigenvalue weighted by Crippen LogP contribution is -2.43. The summed E-state index contributed by atoms with van der Waals surface area (Å²) in [5.41, 5.74) is -0.287. The van der Waals surface area contributed by atoms with Gasteiger partial charge in [-0.05, 0) is 25.7 Å². The average Bonchev–Trinajstić information content (AvgIpc) is 2.10. The summed E-state index contributed by atoms with van der Waals surface area (Å²) in [6.07, 6.45) is 4.81. The van der Waals surface area contributed by atoms with E-state index in [-0.39, 0.29) is 11.0 Å². The normalized spacial score (nSPS) is 20.3. The molecule has 82 valence electrons. The van der Waals surface area contributed by atoms with Crippen LogP contribution in [0.15, 0.2) is 0 Å². The van der Waals surface area contributed by atoms with Gasteiger partial charge in [0.2, 0.25) is 0 Å². The third-order valence-electron chi connectivity index (χ3n) is 3.82. The maximum absolute atomic E-state index is 12.0. The number of hydrogen-bond acceptors (Lipinski definition) is 2. The van der Waals surface area contributed by atoms with Gasteiger partial charge >= 0.3 is 0 Å². The highest BCUT2D eigenvalue weighted by Crippen LogP contribution is 2.40. The fourth-order valence-electron chi connectivity index (χ4n) is 1.75. The number of ketones is 1. The quantitative estimate of drug-likeness (QED) is 0.679. The van der Waals surface area contributed by atoms with E-state index < -0.39 is 0 Å². The minimum Gasteiger partial charge on any atom is -0.378 e. The summed E-state index contributed by atoms with van der Waals surface area (Å²) < 4.78 is 5.46. The molecule has 0 aromatic rings. The Labute approximate surface area is 87.0 Å². The summed E-state index contributed by atoms with van der Waals surface area (Å²) in [5, 5.41) is 0. The lowest BCUT2D eigenvalue weighted by molar-refractivity contribution is -0.140. The summed E-state index contributed by atoms with van der Waals surface area (Å²) in [4.78, 5) is 12.0. The van der Waals surface area contributed by atoms with Gasteiger partial charge in [0.05, 0.1) is 5.60 Å². The van der Waals surface area contributed by atoms with E-state index in [1.807, 2.05) is 13.8 Å². The molecule has 0 aromatic carbocycles. The summed E-state index contributed by atoms with van der Waals surface area (Å²) in [6, 6.07) is 0. The topological polar surface area (TPSA) is 26.3 Å². The Balaban J connectivity index is 2.55. The van der Waals surface area contributed by atoms with Crippen LogP contribution < -0.4 is 0 Å². The van der Waals surface area contributed by atoms with E-state index in [1.54, 1.807) is 7.11 Å². The van der Waals surface area contributed by atoms with E-state index in [1.165, 1.54) is 6.42 Å². The monoisotopic (exact) mass is 198 g/mol. The standard InChI is InChI=1S/C12H22O2/c1-5-11(2,3)10(13)9-12(14-4)7-6-8-12/h5-9H2,1-4H3. The molecule has 0 radical (unpaired) electrons. The molecule has 1 fully saturated rings. The predicted octanol–water partition coefficient (Wildman–Crippen LogP) is 2.95. The largest absolute Gasteiger partial charge is 0.378 e. The molecule has 0 atom stereocenters. The van der Waals surface area contributed by atoms with E-state index in [2.05, 4.69) is 6.92 Å². The van der Waals surface area contributed by atoms with Gasteiger partial charge in [0.25, 0.3) is 0 Å². The Hall–Kier alpha value is -0.370. The fraction of sp³-hybridized carbons (Fsp3) is 0.917. The molecular formula is C12H22O2. The van der Waals surface area contributed by atoms with E-state index in [4.69, 9.17) is 4.74 Å². The zero-order valence-corrected chi connectivity index (χ0v) is 9.85. The molecular weight excluding hydrogens is 176 g/mol. The number of ether oxygens (including phenoxy) is 1. The number of rotatable bonds is 5. The molecule has 1 rings (SSSR count). The molecule has 0 spiro atoms. The van der Waals surface area contributed by atoms with Crippen LogP contribution >= 0.6 is 0 Å². The smallest absolute Gasteiger partial charge is 0.141 e. The van der Waals surface area contributed by atoms with Crippen LogP contribution in [-0.2, 0) is 9.53 Å². The van der Waals surface area contributed by atoms with Gasteiger partial charge in [-0.15, -0.1) is 0 Å². The first kappa shape index (κ1) is 11.7. The van der Waals surface area contributed by atoms with Gasteiger partial charge in [-0.2, -0.15) is 0 Å².